The Morgan fingerprint density at radius 2 is 2.33 bits per heavy atom. The van der Waals surface area contributed by atoms with Crippen LogP contribution in [0.1, 0.15) is 29.1 Å². The Labute approximate surface area is 109 Å². The number of carbonyl (C=O) groups excluding carboxylic acids is 1. The van der Waals surface area contributed by atoms with E-state index in [1.54, 1.807) is 6.07 Å². The van der Waals surface area contributed by atoms with Crippen LogP contribution >= 0.6 is 11.3 Å². The minimum Gasteiger partial charge on any atom is -0.289 e. The van der Waals surface area contributed by atoms with E-state index in [4.69, 9.17) is 11.8 Å². The molecule has 1 aliphatic carbocycles. The third kappa shape index (κ3) is 1.77. The summed E-state index contributed by atoms with van der Waals surface area (Å²) in [4.78, 5) is 16.2. The van der Waals surface area contributed by atoms with Crippen LogP contribution in [0.25, 0.3) is 10.4 Å². The van der Waals surface area contributed by atoms with E-state index in [2.05, 4.69) is 4.85 Å². The Hall–Kier alpha value is -2.17. The molecule has 1 aromatic heterocycles. The van der Waals surface area contributed by atoms with Crippen LogP contribution in [0, 0.1) is 23.8 Å². The highest BCUT2D eigenvalue weighted by molar-refractivity contribution is 7.12. The van der Waals surface area contributed by atoms with Gasteiger partial charge in [0.1, 0.15) is 0 Å². The van der Waals surface area contributed by atoms with Crippen LogP contribution in [0.3, 0.4) is 0 Å². The second-order valence-electron chi connectivity index (χ2n) is 4.26. The number of carbonyl (C=O) groups is 1. The second kappa shape index (κ2) is 4.60. The van der Waals surface area contributed by atoms with Gasteiger partial charge in [-0.2, -0.15) is 0 Å². The third-order valence-corrected chi connectivity index (χ3v) is 3.54. The molecule has 0 aromatic carbocycles. The number of ketones is 1. The molecule has 0 amide bonds. The molecule has 0 spiro atoms. The molecule has 1 heterocycles. The monoisotopic (exact) mass is 254 g/mol. The highest BCUT2D eigenvalue weighted by Gasteiger charge is 2.33. The van der Waals surface area contributed by atoms with Gasteiger partial charge in [-0.05, 0) is 17.4 Å². The molecular weight excluding hydrogens is 244 g/mol. The van der Waals surface area contributed by atoms with Crippen LogP contribution in [-0.2, 0) is 0 Å². The minimum absolute atomic E-state index is 0.00329. The summed E-state index contributed by atoms with van der Waals surface area (Å²) in [6.07, 6.45) is 1.83. The molecule has 1 aromatic rings. The molecule has 2 rings (SSSR count). The Bertz CT molecular complexity index is 647. The van der Waals surface area contributed by atoms with Gasteiger partial charge in [-0.3, -0.25) is 4.79 Å². The molecule has 4 heteroatoms. The van der Waals surface area contributed by atoms with Crippen molar-refractivity contribution in [2.75, 3.05) is 0 Å². The Balaban J connectivity index is 2.77. The fourth-order valence-electron chi connectivity index (χ4n) is 1.93. The lowest BCUT2D eigenvalue weighted by Gasteiger charge is -2.03. The van der Waals surface area contributed by atoms with Crippen molar-refractivity contribution in [3.05, 3.63) is 50.7 Å². The van der Waals surface area contributed by atoms with Gasteiger partial charge < -0.3 is 0 Å². The van der Waals surface area contributed by atoms with E-state index in [0.29, 0.717) is 16.7 Å². The molecule has 0 fully saturated rings. The van der Waals surface area contributed by atoms with E-state index in [-0.39, 0.29) is 17.4 Å². The maximum Gasteiger partial charge on any atom is 0.271 e. The van der Waals surface area contributed by atoms with Crippen molar-refractivity contribution in [3.63, 3.8) is 0 Å². The van der Waals surface area contributed by atoms with E-state index >= 15 is 0 Å². The molecule has 3 nitrogen and oxygen atoms in total. The summed E-state index contributed by atoms with van der Waals surface area (Å²) in [7, 11) is 0. The molecule has 0 N–H and O–H groups in total. The van der Waals surface area contributed by atoms with E-state index < -0.39 is 0 Å². The largest absolute Gasteiger partial charge is 0.289 e. The average molecular weight is 254 g/mol. The first-order valence-electron chi connectivity index (χ1n) is 5.46. The quantitative estimate of drug-likeness (QED) is 0.436. The fraction of sp³-hybridized carbons (Fsp3) is 0.214. The third-order valence-electron chi connectivity index (χ3n) is 2.61. The maximum atomic E-state index is 12.2. The smallest absolute Gasteiger partial charge is 0.271 e. The normalized spacial score (nSPS) is 18.7. The number of Topliss-reactive ketones (excluding diaryl/α,β-unsaturated/α-hetero) is 1. The van der Waals surface area contributed by atoms with Crippen LogP contribution in [-0.4, -0.2) is 5.78 Å². The predicted molar refractivity (Wildman–Crippen MR) is 70.7 cm³/mol. The number of rotatable bonds is 1. The number of nitrogens with zero attached hydrogens (tertiary/aromatic N) is 2. The summed E-state index contributed by atoms with van der Waals surface area (Å²) in [6, 6.07) is 3.64. The molecule has 1 aliphatic rings. The van der Waals surface area contributed by atoms with E-state index in [1.165, 1.54) is 11.3 Å². The zero-order valence-corrected chi connectivity index (χ0v) is 10.8. The first kappa shape index (κ1) is 12.3. The molecule has 0 radical (unpaired) electrons. The average Bonchev–Trinajstić information content (AvgIpc) is 2.88. The van der Waals surface area contributed by atoms with Crippen molar-refractivity contribution in [2.24, 2.45) is 5.92 Å². The van der Waals surface area contributed by atoms with Gasteiger partial charge >= 0.3 is 0 Å². The van der Waals surface area contributed by atoms with E-state index in [0.717, 1.165) is 4.88 Å². The van der Waals surface area contributed by atoms with Crippen molar-refractivity contribution in [1.29, 1.82) is 5.26 Å². The number of fused-ring (bicyclic) bond motifs is 1. The van der Waals surface area contributed by atoms with Crippen LogP contribution in [0.2, 0.25) is 0 Å². The van der Waals surface area contributed by atoms with Gasteiger partial charge in [0, 0.05) is 21.6 Å². The zero-order valence-electron chi connectivity index (χ0n) is 10.0. The topological polar surface area (TPSA) is 45.2 Å². The van der Waals surface area contributed by atoms with Gasteiger partial charge in [-0.15, -0.1) is 11.3 Å². The van der Waals surface area contributed by atoms with Gasteiger partial charge in [-0.1, -0.05) is 19.9 Å². The summed E-state index contributed by atoms with van der Waals surface area (Å²) in [5, 5.41) is 10.8. The molecule has 0 saturated heterocycles. The molecule has 0 aliphatic heterocycles. The summed E-state index contributed by atoms with van der Waals surface area (Å²) >= 11 is 1.40. The standard InChI is InChI=1S/C14H10N2OS/c1-8(2)6-10-12(11(7-15)16-3)14-9(13(10)17)4-5-18-14/h4-6,8H,1-2H3/b10-6-,12-11+. The Morgan fingerprint density at radius 1 is 1.61 bits per heavy atom. The first-order valence-corrected chi connectivity index (χ1v) is 6.34. The lowest BCUT2D eigenvalue weighted by atomic mass is 10.0. The second-order valence-corrected chi connectivity index (χ2v) is 5.18. The maximum absolute atomic E-state index is 12.2. The molecule has 0 saturated carbocycles. The number of nitriles is 1. The van der Waals surface area contributed by atoms with E-state index in [1.807, 2.05) is 31.4 Å². The first-order chi connectivity index (χ1) is 8.60. The van der Waals surface area contributed by atoms with Crippen molar-refractivity contribution >= 4 is 22.7 Å². The Morgan fingerprint density at radius 3 is 2.89 bits per heavy atom. The molecule has 0 bridgehead atoms. The fourth-order valence-corrected chi connectivity index (χ4v) is 2.88. The number of hydrogen-bond donors (Lipinski definition) is 0. The van der Waals surface area contributed by atoms with Crippen LogP contribution in [0.15, 0.2) is 28.8 Å². The summed E-state index contributed by atoms with van der Waals surface area (Å²) in [6.45, 7) is 11.0. The number of allylic oxidation sites excluding steroid dienone is 4. The van der Waals surface area contributed by atoms with Crippen molar-refractivity contribution in [1.82, 2.24) is 0 Å². The lowest BCUT2D eigenvalue weighted by Crippen LogP contribution is -1.97. The van der Waals surface area contributed by atoms with Gasteiger partial charge in [0.15, 0.2) is 5.78 Å². The van der Waals surface area contributed by atoms with Gasteiger partial charge in [0.05, 0.1) is 12.6 Å². The minimum atomic E-state index is -0.0775. The van der Waals surface area contributed by atoms with Crippen LogP contribution in [0.5, 0.6) is 0 Å². The van der Waals surface area contributed by atoms with Gasteiger partial charge in [0.25, 0.3) is 5.70 Å². The van der Waals surface area contributed by atoms with Gasteiger partial charge in [0.2, 0.25) is 0 Å². The number of hydrogen-bond acceptors (Lipinski definition) is 3. The van der Waals surface area contributed by atoms with Crippen LogP contribution in [0.4, 0.5) is 0 Å². The highest BCUT2D eigenvalue weighted by atomic mass is 32.1. The summed E-state index contributed by atoms with van der Waals surface area (Å²) < 4.78 is 0. The molecular formula is C14H10N2OS. The van der Waals surface area contributed by atoms with Crippen molar-refractivity contribution in [2.45, 2.75) is 13.8 Å². The highest BCUT2D eigenvalue weighted by Crippen LogP contribution is 2.42. The van der Waals surface area contributed by atoms with Gasteiger partial charge in [-0.25, -0.2) is 10.1 Å². The zero-order chi connectivity index (χ0) is 13.3. The van der Waals surface area contributed by atoms with Crippen molar-refractivity contribution < 1.29 is 4.79 Å². The van der Waals surface area contributed by atoms with E-state index in [9.17, 15) is 4.79 Å². The summed E-state index contributed by atoms with van der Waals surface area (Å²) in [5.74, 6) is 0.116. The predicted octanol–water partition coefficient (Wildman–Crippen LogP) is 3.68. The summed E-state index contributed by atoms with van der Waals surface area (Å²) in [5.41, 5.74) is 1.62. The molecule has 88 valence electrons. The molecule has 18 heavy (non-hydrogen) atoms. The molecule has 0 unspecified atom stereocenters. The SMILES string of the molecule is [C-]#[N+]/C(C#N)=C1\C(=C\C(C)C)C(=O)c2ccsc21. The Kier molecular flexibility index (Phi) is 3.14. The molecule has 0 atom stereocenters. The lowest BCUT2D eigenvalue weighted by molar-refractivity contribution is 0.104. The van der Waals surface area contributed by atoms with Crippen molar-refractivity contribution in [3.8, 4) is 6.07 Å². The number of thiophene rings is 1. The van der Waals surface area contributed by atoms with Crippen LogP contribution < -0.4 is 0 Å².